The van der Waals surface area contributed by atoms with Gasteiger partial charge in [-0.15, -0.1) is 0 Å². The Morgan fingerprint density at radius 3 is 1.88 bits per heavy atom. The molecule has 0 fully saturated rings. The van der Waals surface area contributed by atoms with E-state index in [1.807, 2.05) is 85.8 Å². The van der Waals surface area contributed by atoms with Crippen molar-refractivity contribution in [2.75, 3.05) is 11.9 Å². The number of carbonyl (C=O) groups excluding carboxylic acids is 3. The molecule has 0 unspecified atom stereocenters. The number of ether oxygens (including phenoxy) is 1. The summed E-state index contributed by atoms with van der Waals surface area (Å²) in [6, 6.07) is 27.4. The molecule has 0 saturated heterocycles. The second-order valence-corrected chi connectivity index (χ2v) is 8.01. The molecule has 0 aliphatic rings. The van der Waals surface area contributed by atoms with Crippen LogP contribution in [0.5, 0.6) is 0 Å². The average Bonchev–Trinajstić information content (AvgIpc) is 2.85. The van der Waals surface area contributed by atoms with E-state index in [9.17, 15) is 14.4 Å². The third kappa shape index (κ3) is 6.78. The Balaban J connectivity index is 1.89. The number of benzene rings is 3. The van der Waals surface area contributed by atoms with Crippen molar-refractivity contribution >= 4 is 23.5 Å². The van der Waals surface area contributed by atoms with Gasteiger partial charge in [0, 0.05) is 18.0 Å². The van der Waals surface area contributed by atoms with Crippen molar-refractivity contribution in [2.45, 2.75) is 32.2 Å². The third-order valence-electron chi connectivity index (χ3n) is 5.57. The van der Waals surface area contributed by atoms with E-state index < -0.39 is 23.7 Å². The molecule has 3 atom stereocenters. The van der Waals surface area contributed by atoms with E-state index in [0.29, 0.717) is 11.3 Å². The van der Waals surface area contributed by atoms with Crippen molar-refractivity contribution in [1.29, 1.82) is 0 Å². The third-order valence-corrected chi connectivity index (χ3v) is 5.57. The van der Waals surface area contributed by atoms with Gasteiger partial charge in [-0.25, -0.2) is 0 Å². The first kappa shape index (κ1) is 24.7. The molecular formula is C28H30N2O4. The predicted molar refractivity (Wildman–Crippen MR) is 132 cm³/mol. The van der Waals surface area contributed by atoms with E-state index in [-0.39, 0.29) is 25.0 Å². The smallest absolute Gasteiger partial charge is 0.319 e. The molecule has 3 rings (SSSR count). The molecule has 176 valence electrons. The van der Waals surface area contributed by atoms with Crippen molar-refractivity contribution in [3.05, 3.63) is 102 Å². The minimum Gasteiger partial charge on any atom is -0.465 e. The SMILES string of the molecule is CCOC(=O)[C@H](C(=O)N[C@H](C)c1ccccc1)[C@H](CC(=O)Nc1ccccc1)c1ccccc1. The summed E-state index contributed by atoms with van der Waals surface area (Å²) in [6.45, 7) is 3.68. The Kier molecular flexibility index (Phi) is 8.97. The van der Waals surface area contributed by atoms with Crippen molar-refractivity contribution in [3.8, 4) is 0 Å². The van der Waals surface area contributed by atoms with Crippen LogP contribution in [0.3, 0.4) is 0 Å². The lowest BCUT2D eigenvalue weighted by Gasteiger charge is -2.26. The number of esters is 1. The van der Waals surface area contributed by atoms with Gasteiger partial charge in [-0.2, -0.15) is 0 Å². The lowest BCUT2D eigenvalue weighted by Crippen LogP contribution is -2.42. The molecule has 2 amide bonds. The van der Waals surface area contributed by atoms with Gasteiger partial charge in [0.1, 0.15) is 5.92 Å². The highest BCUT2D eigenvalue weighted by molar-refractivity contribution is 6.00. The van der Waals surface area contributed by atoms with E-state index in [1.165, 1.54) is 0 Å². The van der Waals surface area contributed by atoms with Crippen LogP contribution >= 0.6 is 0 Å². The van der Waals surface area contributed by atoms with E-state index in [2.05, 4.69) is 10.6 Å². The molecule has 0 aliphatic heterocycles. The molecule has 0 spiro atoms. The van der Waals surface area contributed by atoms with Gasteiger partial charge in [0.25, 0.3) is 0 Å². The van der Waals surface area contributed by atoms with Crippen molar-refractivity contribution in [1.82, 2.24) is 5.32 Å². The highest BCUT2D eigenvalue weighted by Gasteiger charge is 2.38. The first-order valence-corrected chi connectivity index (χ1v) is 11.4. The molecule has 0 aliphatic carbocycles. The minimum atomic E-state index is -1.19. The number of hydrogen-bond donors (Lipinski definition) is 2. The van der Waals surface area contributed by atoms with Gasteiger partial charge in [-0.1, -0.05) is 78.9 Å². The average molecular weight is 459 g/mol. The topological polar surface area (TPSA) is 84.5 Å². The van der Waals surface area contributed by atoms with Gasteiger partial charge in [0.05, 0.1) is 12.6 Å². The van der Waals surface area contributed by atoms with Gasteiger partial charge in [-0.05, 0) is 37.1 Å². The second kappa shape index (κ2) is 12.3. The number of hydrogen-bond acceptors (Lipinski definition) is 4. The van der Waals surface area contributed by atoms with Gasteiger partial charge < -0.3 is 15.4 Å². The molecule has 34 heavy (non-hydrogen) atoms. The van der Waals surface area contributed by atoms with Gasteiger partial charge >= 0.3 is 5.97 Å². The molecule has 6 heteroatoms. The Hall–Kier alpha value is -3.93. The zero-order chi connectivity index (χ0) is 24.3. The fourth-order valence-corrected chi connectivity index (χ4v) is 3.88. The van der Waals surface area contributed by atoms with Gasteiger partial charge in [-0.3, -0.25) is 14.4 Å². The summed E-state index contributed by atoms with van der Waals surface area (Å²) in [5.41, 5.74) is 2.27. The number of anilines is 1. The maximum absolute atomic E-state index is 13.5. The molecule has 3 aromatic carbocycles. The van der Waals surface area contributed by atoms with Crippen molar-refractivity contribution < 1.29 is 19.1 Å². The summed E-state index contributed by atoms with van der Waals surface area (Å²) < 4.78 is 5.28. The van der Waals surface area contributed by atoms with Crippen LogP contribution in [0.2, 0.25) is 0 Å². The minimum absolute atomic E-state index is 0.0600. The van der Waals surface area contributed by atoms with E-state index in [0.717, 1.165) is 5.56 Å². The zero-order valence-corrected chi connectivity index (χ0v) is 19.4. The molecule has 0 aromatic heterocycles. The molecule has 0 radical (unpaired) electrons. The Morgan fingerprint density at radius 2 is 1.32 bits per heavy atom. The van der Waals surface area contributed by atoms with E-state index in [1.54, 1.807) is 19.1 Å². The molecule has 2 N–H and O–H groups in total. The van der Waals surface area contributed by atoms with Gasteiger partial charge in [0.2, 0.25) is 11.8 Å². The number of para-hydroxylation sites is 1. The zero-order valence-electron chi connectivity index (χ0n) is 19.4. The van der Waals surface area contributed by atoms with Crippen LogP contribution in [0, 0.1) is 5.92 Å². The summed E-state index contributed by atoms with van der Waals surface area (Å²) in [6.07, 6.45) is -0.0600. The van der Waals surface area contributed by atoms with Crippen LogP contribution in [0.1, 0.15) is 43.4 Å². The number of carbonyl (C=O) groups is 3. The first-order valence-electron chi connectivity index (χ1n) is 11.4. The highest BCUT2D eigenvalue weighted by Crippen LogP contribution is 2.31. The van der Waals surface area contributed by atoms with Crippen molar-refractivity contribution in [2.24, 2.45) is 5.92 Å². The molecule has 3 aromatic rings. The molecular weight excluding hydrogens is 428 g/mol. The number of rotatable bonds is 10. The summed E-state index contributed by atoms with van der Waals surface area (Å²) in [5.74, 6) is -3.31. The molecule has 0 bridgehead atoms. The normalized spacial score (nSPS) is 13.2. The monoisotopic (exact) mass is 458 g/mol. The molecule has 6 nitrogen and oxygen atoms in total. The second-order valence-electron chi connectivity index (χ2n) is 8.01. The lowest BCUT2D eigenvalue weighted by atomic mass is 9.82. The van der Waals surface area contributed by atoms with Crippen LogP contribution in [-0.2, 0) is 19.1 Å². The lowest BCUT2D eigenvalue weighted by molar-refractivity contribution is -0.153. The standard InChI is InChI=1S/C28H30N2O4/c1-3-34-28(33)26(27(32)29-20(2)21-13-7-4-8-14-21)24(22-15-9-5-10-16-22)19-25(31)30-23-17-11-6-12-18-23/h4-18,20,24,26H,3,19H2,1-2H3,(H,29,32)(H,30,31)/t20-,24-,26+/m1/s1. The van der Waals surface area contributed by atoms with Crippen LogP contribution in [-0.4, -0.2) is 24.4 Å². The Labute approximate surface area is 200 Å². The Morgan fingerprint density at radius 1 is 0.794 bits per heavy atom. The fraction of sp³-hybridized carbons (Fsp3) is 0.250. The van der Waals surface area contributed by atoms with Crippen LogP contribution in [0.25, 0.3) is 0 Å². The summed E-state index contributed by atoms with van der Waals surface area (Å²) in [5, 5.41) is 5.79. The number of amides is 2. The highest BCUT2D eigenvalue weighted by atomic mass is 16.5. The largest absolute Gasteiger partial charge is 0.465 e. The maximum atomic E-state index is 13.5. The fourth-order valence-electron chi connectivity index (χ4n) is 3.88. The number of nitrogens with one attached hydrogen (secondary N) is 2. The molecule has 0 heterocycles. The summed E-state index contributed by atoms with van der Waals surface area (Å²) >= 11 is 0. The van der Waals surface area contributed by atoms with Crippen molar-refractivity contribution in [3.63, 3.8) is 0 Å². The first-order chi connectivity index (χ1) is 16.5. The Bertz CT molecular complexity index is 1070. The van der Waals surface area contributed by atoms with Crippen LogP contribution in [0.4, 0.5) is 5.69 Å². The predicted octanol–water partition coefficient (Wildman–Crippen LogP) is 4.86. The van der Waals surface area contributed by atoms with Crippen LogP contribution in [0.15, 0.2) is 91.0 Å². The van der Waals surface area contributed by atoms with Gasteiger partial charge in [0.15, 0.2) is 0 Å². The van der Waals surface area contributed by atoms with E-state index in [4.69, 9.17) is 4.74 Å². The quantitative estimate of drug-likeness (QED) is 0.336. The van der Waals surface area contributed by atoms with Crippen LogP contribution < -0.4 is 10.6 Å². The maximum Gasteiger partial charge on any atom is 0.319 e. The molecule has 0 saturated carbocycles. The summed E-state index contributed by atoms with van der Waals surface area (Å²) in [4.78, 5) is 39.4. The van der Waals surface area contributed by atoms with E-state index >= 15 is 0 Å². The summed E-state index contributed by atoms with van der Waals surface area (Å²) in [7, 11) is 0.